The van der Waals surface area contributed by atoms with Crippen LogP contribution in [0.5, 0.6) is 5.75 Å². The Morgan fingerprint density at radius 3 is 2.80 bits per heavy atom. The number of aromatic nitrogens is 5. The lowest BCUT2D eigenvalue weighted by Gasteiger charge is -2.14. The van der Waals surface area contributed by atoms with Crippen molar-refractivity contribution in [3.8, 4) is 16.9 Å². The summed E-state index contributed by atoms with van der Waals surface area (Å²) in [5.41, 5.74) is 4.17. The van der Waals surface area contributed by atoms with Crippen molar-refractivity contribution < 1.29 is 4.74 Å². The monoisotopic (exact) mass is 371 g/mol. The number of thioether (sulfide) groups is 1. The zero-order valence-corrected chi connectivity index (χ0v) is 15.4. The van der Waals surface area contributed by atoms with Crippen molar-refractivity contribution in [2.75, 3.05) is 13.4 Å². The molecule has 4 aromatic rings. The van der Waals surface area contributed by atoms with Gasteiger partial charge in [-0.1, -0.05) is 29.4 Å². The van der Waals surface area contributed by atoms with Crippen molar-refractivity contribution in [2.45, 2.75) is 12.1 Å². The van der Waals surface area contributed by atoms with Gasteiger partial charge in [-0.25, -0.2) is 15.0 Å². The van der Waals surface area contributed by atoms with Gasteiger partial charge in [-0.2, -0.15) is 9.61 Å². The van der Waals surface area contributed by atoms with Crippen molar-refractivity contribution in [2.24, 2.45) is 0 Å². The Hall–Kier alpha value is -2.38. The summed E-state index contributed by atoms with van der Waals surface area (Å²) in [4.78, 5) is 13.3. The minimum atomic E-state index is 0.549. The van der Waals surface area contributed by atoms with Crippen LogP contribution in [-0.2, 0) is 0 Å². The average Bonchev–Trinajstić information content (AvgIpc) is 3.12. The van der Waals surface area contributed by atoms with Gasteiger partial charge in [0.15, 0.2) is 16.5 Å². The summed E-state index contributed by atoms with van der Waals surface area (Å²) in [6.45, 7) is 2.01. The van der Waals surface area contributed by atoms with Gasteiger partial charge in [-0.3, -0.25) is 0 Å². The van der Waals surface area contributed by atoms with Crippen molar-refractivity contribution in [1.29, 1.82) is 0 Å². The number of pyridine rings is 1. The molecule has 0 aliphatic carbocycles. The largest absolute Gasteiger partial charge is 0.495 e. The number of aryl methyl sites for hydroxylation is 1. The van der Waals surface area contributed by atoms with Crippen LogP contribution in [0.3, 0.4) is 0 Å². The summed E-state index contributed by atoms with van der Waals surface area (Å²) in [5, 5.41) is 6.44. The molecule has 0 saturated carbocycles. The van der Waals surface area contributed by atoms with E-state index in [0.29, 0.717) is 27.2 Å². The number of rotatable bonds is 3. The number of nitrogens with zero attached hydrogens (tertiary/aromatic N) is 5. The summed E-state index contributed by atoms with van der Waals surface area (Å²) in [6, 6.07) is 5.83. The maximum Gasteiger partial charge on any atom is 0.189 e. The van der Waals surface area contributed by atoms with E-state index in [1.54, 1.807) is 17.8 Å². The number of hydrogen-bond donors (Lipinski definition) is 0. The molecule has 0 radical (unpaired) electrons. The predicted octanol–water partition coefficient (Wildman–Crippen LogP) is 4.03. The fraction of sp³-hybridized carbons (Fsp3) is 0.176. The van der Waals surface area contributed by atoms with Crippen LogP contribution < -0.4 is 4.74 Å². The minimum absolute atomic E-state index is 0.549. The lowest BCUT2D eigenvalue weighted by atomic mass is 10.00. The summed E-state index contributed by atoms with van der Waals surface area (Å²) in [7, 11) is 1.60. The molecule has 0 aliphatic heterocycles. The fourth-order valence-corrected chi connectivity index (χ4v) is 3.59. The highest BCUT2D eigenvalue weighted by Gasteiger charge is 2.18. The normalized spacial score (nSPS) is 11.4. The number of fused-ring (bicyclic) bond motifs is 3. The van der Waals surface area contributed by atoms with Crippen molar-refractivity contribution >= 4 is 40.0 Å². The van der Waals surface area contributed by atoms with Crippen LogP contribution in [0.15, 0.2) is 35.9 Å². The lowest BCUT2D eigenvalue weighted by molar-refractivity contribution is 0.415. The van der Waals surface area contributed by atoms with Crippen LogP contribution in [-0.4, -0.2) is 37.9 Å². The predicted molar refractivity (Wildman–Crippen MR) is 99.6 cm³/mol. The summed E-state index contributed by atoms with van der Waals surface area (Å²) in [5.74, 6) is 0.619. The molecule has 0 N–H and O–H groups in total. The van der Waals surface area contributed by atoms with E-state index in [9.17, 15) is 0 Å². The van der Waals surface area contributed by atoms with E-state index in [-0.39, 0.29) is 0 Å². The van der Waals surface area contributed by atoms with Gasteiger partial charge in [-0.15, -0.1) is 0 Å². The highest BCUT2D eigenvalue weighted by Crippen LogP contribution is 2.40. The minimum Gasteiger partial charge on any atom is -0.495 e. The topological polar surface area (TPSA) is 65.2 Å². The van der Waals surface area contributed by atoms with Crippen LogP contribution in [0.25, 0.3) is 27.8 Å². The first kappa shape index (κ1) is 16.1. The van der Waals surface area contributed by atoms with Crippen LogP contribution >= 0.6 is 23.4 Å². The summed E-state index contributed by atoms with van der Waals surface area (Å²) < 4.78 is 7.09. The van der Waals surface area contributed by atoms with Crippen molar-refractivity contribution in [3.05, 3.63) is 41.3 Å². The first-order valence-electron chi connectivity index (χ1n) is 7.51. The van der Waals surface area contributed by atoms with Crippen molar-refractivity contribution in [3.63, 3.8) is 0 Å². The SMILES string of the molecule is COc1ccc(C)c(-c2cc3cnc(SC)nc3n3ncnc23)c1Cl. The molecule has 126 valence electrons. The molecule has 0 saturated heterocycles. The molecule has 1 aromatic carbocycles. The van der Waals surface area contributed by atoms with Crippen molar-refractivity contribution in [1.82, 2.24) is 24.6 Å². The van der Waals surface area contributed by atoms with Crippen LogP contribution in [0.1, 0.15) is 5.56 Å². The molecule has 0 spiro atoms. The van der Waals surface area contributed by atoms with E-state index in [2.05, 4.69) is 20.1 Å². The molecule has 3 heterocycles. The molecule has 6 nitrogen and oxygen atoms in total. The zero-order chi connectivity index (χ0) is 17.6. The Balaban J connectivity index is 2.11. The highest BCUT2D eigenvalue weighted by molar-refractivity contribution is 7.98. The standard InChI is InChI=1S/C17H14ClN5OS/c1-9-4-5-12(24-2)14(18)13(9)11-6-10-7-19-17(25-3)22-15(10)23-16(11)20-8-21-23/h4-8H,1-3H3. The van der Waals surface area contributed by atoms with E-state index < -0.39 is 0 Å². The second-order valence-electron chi connectivity index (χ2n) is 5.46. The third kappa shape index (κ3) is 2.51. The molecule has 0 unspecified atom stereocenters. The fourth-order valence-electron chi connectivity index (χ4n) is 2.86. The lowest BCUT2D eigenvalue weighted by Crippen LogP contribution is -2.00. The Kier molecular flexibility index (Phi) is 3.97. The van der Waals surface area contributed by atoms with E-state index >= 15 is 0 Å². The highest BCUT2D eigenvalue weighted by atomic mass is 35.5. The van der Waals surface area contributed by atoms with Gasteiger partial charge in [0.05, 0.1) is 12.1 Å². The molecular formula is C17H14ClN5OS. The number of benzene rings is 1. The molecule has 0 bridgehead atoms. The Bertz CT molecular complexity index is 1110. The van der Waals surface area contributed by atoms with Gasteiger partial charge in [-0.05, 0) is 30.9 Å². The number of hydrogen-bond acceptors (Lipinski definition) is 6. The zero-order valence-electron chi connectivity index (χ0n) is 13.8. The molecule has 0 atom stereocenters. The molecule has 25 heavy (non-hydrogen) atoms. The number of ether oxygens (including phenoxy) is 1. The van der Waals surface area contributed by atoms with Gasteiger partial charge < -0.3 is 4.74 Å². The van der Waals surface area contributed by atoms with Gasteiger partial charge in [0.1, 0.15) is 12.1 Å². The third-order valence-electron chi connectivity index (χ3n) is 4.05. The van der Waals surface area contributed by atoms with Gasteiger partial charge in [0, 0.05) is 22.7 Å². The Morgan fingerprint density at radius 2 is 2.04 bits per heavy atom. The summed E-state index contributed by atoms with van der Waals surface area (Å²) >= 11 is 8.08. The molecular weight excluding hydrogens is 358 g/mol. The first-order valence-corrected chi connectivity index (χ1v) is 9.11. The maximum atomic E-state index is 6.60. The quantitative estimate of drug-likeness (QED) is 0.400. The first-order chi connectivity index (χ1) is 12.1. The molecule has 3 aromatic heterocycles. The van der Waals surface area contributed by atoms with Crippen LogP contribution in [0, 0.1) is 6.92 Å². The van der Waals surface area contributed by atoms with E-state index in [4.69, 9.17) is 16.3 Å². The second kappa shape index (κ2) is 6.16. The van der Waals surface area contributed by atoms with Gasteiger partial charge >= 0.3 is 0 Å². The third-order valence-corrected chi connectivity index (χ3v) is 4.99. The molecule has 0 amide bonds. The molecule has 4 rings (SSSR count). The second-order valence-corrected chi connectivity index (χ2v) is 6.61. The molecule has 8 heteroatoms. The van der Waals surface area contributed by atoms with E-state index in [1.807, 2.05) is 31.4 Å². The Labute approximate surface area is 153 Å². The molecule has 0 fully saturated rings. The molecule has 0 aliphatic rings. The van der Waals surface area contributed by atoms with Gasteiger partial charge in [0.2, 0.25) is 0 Å². The Morgan fingerprint density at radius 1 is 1.20 bits per heavy atom. The van der Waals surface area contributed by atoms with Crippen LogP contribution in [0.4, 0.5) is 0 Å². The van der Waals surface area contributed by atoms with Crippen LogP contribution in [0.2, 0.25) is 5.02 Å². The summed E-state index contributed by atoms with van der Waals surface area (Å²) in [6.07, 6.45) is 5.25. The number of halogens is 1. The maximum absolute atomic E-state index is 6.60. The van der Waals surface area contributed by atoms with E-state index in [1.165, 1.54) is 18.1 Å². The van der Waals surface area contributed by atoms with E-state index in [0.717, 1.165) is 22.1 Å². The smallest absolute Gasteiger partial charge is 0.189 e. The van der Waals surface area contributed by atoms with Gasteiger partial charge in [0.25, 0.3) is 0 Å². The number of methoxy groups -OCH3 is 1. The average molecular weight is 372 g/mol.